The number of aromatic nitrogens is 6. The van der Waals surface area contributed by atoms with Gasteiger partial charge in [0.05, 0.1) is 24.8 Å². The SMILES string of the molecule is CC(C)(C)c1ccc2nnc(C3CCN(Cc4nnc(C5CCOC5)o4)CC3)n2n1. The lowest BCUT2D eigenvalue weighted by Crippen LogP contribution is -2.33. The van der Waals surface area contributed by atoms with Gasteiger partial charge in [0.25, 0.3) is 0 Å². The van der Waals surface area contributed by atoms with Crippen molar-refractivity contribution in [3.05, 3.63) is 35.4 Å². The maximum Gasteiger partial charge on any atom is 0.230 e. The van der Waals surface area contributed by atoms with Gasteiger partial charge in [0.2, 0.25) is 11.8 Å². The standard InChI is InChI=1S/C21H29N7O2/c1-21(2,3)16-4-5-17-22-24-19(28(17)26-16)14-6-9-27(10-7-14)12-18-23-25-20(30-18)15-8-11-29-13-15/h4-5,14-15H,6-13H2,1-3H3. The quantitative estimate of drug-likeness (QED) is 0.647. The molecular formula is C21H29N7O2. The summed E-state index contributed by atoms with van der Waals surface area (Å²) in [5, 5.41) is 22.1. The molecule has 5 rings (SSSR count). The Morgan fingerprint density at radius 1 is 1.00 bits per heavy atom. The first kappa shape index (κ1) is 19.6. The van der Waals surface area contributed by atoms with Crippen molar-refractivity contribution in [3.8, 4) is 0 Å². The zero-order valence-electron chi connectivity index (χ0n) is 17.9. The molecule has 1 atom stereocenters. The van der Waals surface area contributed by atoms with Crippen LogP contribution in [0.2, 0.25) is 0 Å². The van der Waals surface area contributed by atoms with Gasteiger partial charge in [-0.05, 0) is 44.5 Å². The van der Waals surface area contributed by atoms with Crippen LogP contribution in [0, 0.1) is 0 Å². The van der Waals surface area contributed by atoms with Crippen molar-refractivity contribution >= 4 is 5.65 Å². The maximum absolute atomic E-state index is 5.89. The molecule has 0 N–H and O–H groups in total. The third-order valence-corrected chi connectivity index (χ3v) is 6.13. The number of hydrogen-bond donors (Lipinski definition) is 0. The van der Waals surface area contributed by atoms with Crippen LogP contribution in [0.3, 0.4) is 0 Å². The second-order valence-corrected chi connectivity index (χ2v) is 9.44. The summed E-state index contributed by atoms with van der Waals surface area (Å²) in [5.74, 6) is 2.99. The lowest BCUT2D eigenvalue weighted by molar-refractivity contribution is 0.179. The van der Waals surface area contributed by atoms with Crippen LogP contribution >= 0.6 is 0 Å². The van der Waals surface area contributed by atoms with Crippen molar-refractivity contribution in [2.75, 3.05) is 26.3 Å². The number of likely N-dealkylation sites (tertiary alicyclic amines) is 1. The Hall–Kier alpha value is -2.39. The molecule has 2 aliphatic heterocycles. The summed E-state index contributed by atoms with van der Waals surface area (Å²) in [4.78, 5) is 2.37. The molecule has 0 spiro atoms. The van der Waals surface area contributed by atoms with Crippen LogP contribution in [0.4, 0.5) is 0 Å². The van der Waals surface area contributed by atoms with Crippen LogP contribution < -0.4 is 0 Å². The van der Waals surface area contributed by atoms with Crippen LogP contribution in [-0.2, 0) is 16.7 Å². The lowest BCUT2D eigenvalue weighted by atomic mass is 9.92. The van der Waals surface area contributed by atoms with Crippen molar-refractivity contribution in [2.24, 2.45) is 0 Å². The highest BCUT2D eigenvalue weighted by atomic mass is 16.5. The Labute approximate surface area is 175 Å². The van der Waals surface area contributed by atoms with Crippen molar-refractivity contribution in [1.29, 1.82) is 0 Å². The average molecular weight is 412 g/mol. The van der Waals surface area contributed by atoms with Gasteiger partial charge in [0.1, 0.15) is 0 Å². The molecule has 2 fully saturated rings. The van der Waals surface area contributed by atoms with Crippen molar-refractivity contribution in [2.45, 2.75) is 63.8 Å². The zero-order valence-corrected chi connectivity index (χ0v) is 17.9. The molecule has 3 aromatic heterocycles. The molecule has 0 saturated carbocycles. The first-order valence-electron chi connectivity index (χ1n) is 10.8. The van der Waals surface area contributed by atoms with E-state index in [-0.39, 0.29) is 11.3 Å². The molecule has 1 unspecified atom stereocenters. The minimum atomic E-state index is -0.00730. The topological polar surface area (TPSA) is 94.5 Å². The average Bonchev–Trinajstić information content (AvgIpc) is 3.48. The van der Waals surface area contributed by atoms with Gasteiger partial charge in [-0.2, -0.15) is 9.61 Å². The minimum absolute atomic E-state index is 0.00730. The van der Waals surface area contributed by atoms with Gasteiger partial charge in [-0.25, -0.2) is 0 Å². The number of fused-ring (bicyclic) bond motifs is 1. The molecule has 0 aliphatic carbocycles. The van der Waals surface area contributed by atoms with Crippen LogP contribution in [-0.4, -0.2) is 61.2 Å². The van der Waals surface area contributed by atoms with E-state index in [2.05, 4.69) is 46.1 Å². The third kappa shape index (κ3) is 3.83. The highest BCUT2D eigenvalue weighted by Gasteiger charge is 2.28. The van der Waals surface area contributed by atoms with E-state index in [9.17, 15) is 0 Å². The normalized spacial score (nSPS) is 21.6. The summed E-state index contributed by atoms with van der Waals surface area (Å²) >= 11 is 0. The molecule has 0 amide bonds. The van der Waals surface area contributed by atoms with Crippen LogP contribution in [0.25, 0.3) is 5.65 Å². The van der Waals surface area contributed by atoms with Crippen molar-refractivity contribution < 1.29 is 9.15 Å². The van der Waals surface area contributed by atoms with Gasteiger partial charge in [0.15, 0.2) is 11.5 Å². The Balaban J connectivity index is 1.24. The molecule has 0 bridgehead atoms. The molecule has 0 radical (unpaired) electrons. The van der Waals surface area contributed by atoms with E-state index in [4.69, 9.17) is 14.3 Å². The summed E-state index contributed by atoms with van der Waals surface area (Å²) in [6, 6.07) is 4.06. The van der Waals surface area contributed by atoms with Gasteiger partial charge in [-0.1, -0.05) is 20.8 Å². The minimum Gasteiger partial charge on any atom is -0.423 e. The summed E-state index contributed by atoms with van der Waals surface area (Å²) < 4.78 is 13.2. The van der Waals surface area contributed by atoms with Gasteiger partial charge in [0, 0.05) is 17.9 Å². The fraction of sp³-hybridized carbons (Fsp3) is 0.667. The van der Waals surface area contributed by atoms with Crippen molar-refractivity contribution in [3.63, 3.8) is 0 Å². The lowest BCUT2D eigenvalue weighted by Gasteiger charge is -2.30. The first-order valence-corrected chi connectivity index (χ1v) is 10.8. The Bertz CT molecular complexity index is 1010. The van der Waals surface area contributed by atoms with E-state index >= 15 is 0 Å². The summed E-state index contributed by atoms with van der Waals surface area (Å²) in [6.45, 7) is 10.6. The summed E-state index contributed by atoms with van der Waals surface area (Å²) in [7, 11) is 0. The highest BCUT2D eigenvalue weighted by Crippen LogP contribution is 2.29. The molecule has 9 heteroatoms. The molecular weight excluding hydrogens is 382 g/mol. The predicted octanol–water partition coefficient (Wildman–Crippen LogP) is 2.69. The smallest absolute Gasteiger partial charge is 0.230 e. The van der Waals surface area contributed by atoms with Crippen molar-refractivity contribution in [1.82, 2.24) is 34.9 Å². The highest BCUT2D eigenvalue weighted by molar-refractivity contribution is 5.37. The van der Waals surface area contributed by atoms with E-state index in [1.807, 2.05) is 16.6 Å². The van der Waals surface area contributed by atoms with E-state index in [1.54, 1.807) is 0 Å². The monoisotopic (exact) mass is 411 g/mol. The predicted molar refractivity (Wildman–Crippen MR) is 109 cm³/mol. The first-order chi connectivity index (χ1) is 14.5. The third-order valence-electron chi connectivity index (χ3n) is 6.13. The van der Waals surface area contributed by atoms with E-state index in [1.165, 1.54) is 0 Å². The van der Waals surface area contributed by atoms with E-state index in [0.29, 0.717) is 30.9 Å². The molecule has 5 heterocycles. The van der Waals surface area contributed by atoms with Crippen LogP contribution in [0.5, 0.6) is 0 Å². The van der Waals surface area contributed by atoms with Crippen LogP contribution in [0.1, 0.15) is 75.2 Å². The maximum atomic E-state index is 5.89. The summed E-state index contributed by atoms with van der Waals surface area (Å²) in [5.41, 5.74) is 1.86. The van der Waals surface area contributed by atoms with Gasteiger partial charge < -0.3 is 9.15 Å². The number of hydrogen-bond acceptors (Lipinski definition) is 8. The molecule has 160 valence electrons. The largest absolute Gasteiger partial charge is 0.423 e. The van der Waals surface area contributed by atoms with Gasteiger partial charge in [-0.3, -0.25) is 4.90 Å². The van der Waals surface area contributed by atoms with E-state index in [0.717, 1.165) is 56.1 Å². The number of piperidine rings is 1. The molecule has 3 aromatic rings. The second kappa shape index (κ2) is 7.70. The fourth-order valence-corrected chi connectivity index (χ4v) is 4.23. The molecule has 30 heavy (non-hydrogen) atoms. The Morgan fingerprint density at radius 3 is 2.57 bits per heavy atom. The van der Waals surface area contributed by atoms with Gasteiger partial charge >= 0.3 is 0 Å². The number of rotatable bonds is 4. The molecule has 2 aliphatic rings. The number of nitrogens with zero attached hydrogens (tertiary/aromatic N) is 7. The molecule has 0 aromatic carbocycles. The second-order valence-electron chi connectivity index (χ2n) is 9.44. The fourth-order valence-electron chi connectivity index (χ4n) is 4.23. The number of ether oxygens (including phenoxy) is 1. The van der Waals surface area contributed by atoms with Crippen LogP contribution in [0.15, 0.2) is 16.5 Å². The van der Waals surface area contributed by atoms with Gasteiger partial charge in [-0.15, -0.1) is 20.4 Å². The van der Waals surface area contributed by atoms with E-state index < -0.39 is 0 Å². The summed E-state index contributed by atoms with van der Waals surface area (Å²) in [6.07, 6.45) is 2.99. The molecule has 9 nitrogen and oxygen atoms in total. The zero-order chi connectivity index (χ0) is 20.7. The Kier molecular flexibility index (Phi) is 5.02. The molecule has 2 saturated heterocycles. The Morgan fingerprint density at radius 2 is 1.83 bits per heavy atom.